The Balaban J connectivity index is 2.33. The third-order valence-corrected chi connectivity index (χ3v) is 4.24. The first-order valence-electron chi connectivity index (χ1n) is 6.15. The summed E-state index contributed by atoms with van der Waals surface area (Å²) in [6, 6.07) is 13.0. The van der Waals surface area contributed by atoms with Crippen LogP contribution in [0.25, 0.3) is 0 Å². The Morgan fingerprint density at radius 1 is 0.944 bits per heavy atom. The second-order valence-corrected chi connectivity index (χ2v) is 5.78. The van der Waals surface area contributed by atoms with Crippen molar-refractivity contribution in [1.29, 1.82) is 0 Å². The van der Waals surface area contributed by atoms with E-state index in [0.717, 1.165) is 0 Å². The largest absolute Gasteiger partial charge is 0.326 e. The van der Waals surface area contributed by atoms with Crippen LogP contribution in [0.2, 0.25) is 0 Å². The van der Waals surface area contributed by atoms with Gasteiger partial charge < -0.3 is 5.73 Å². The highest BCUT2D eigenvalue weighted by molar-refractivity contribution is 7.99. The molecule has 0 heterocycles. The van der Waals surface area contributed by atoms with Crippen molar-refractivity contribution in [3.8, 4) is 0 Å². The lowest BCUT2D eigenvalue weighted by molar-refractivity contribution is 1.02. The van der Waals surface area contributed by atoms with E-state index in [-0.39, 0.29) is 0 Å². The summed E-state index contributed by atoms with van der Waals surface area (Å²) >= 11 is 1.80. The molecule has 0 saturated heterocycles. The normalized spacial score (nSPS) is 10.7. The maximum atomic E-state index is 5.80. The molecule has 0 spiro atoms. The Morgan fingerprint density at radius 2 is 1.72 bits per heavy atom. The van der Waals surface area contributed by atoms with Gasteiger partial charge in [0.2, 0.25) is 0 Å². The SMILES string of the molecule is Cc1ccc(CN)c(Sc2ccc(C)c(C)c2)c1. The third kappa shape index (κ3) is 2.95. The van der Waals surface area contributed by atoms with Crippen LogP contribution >= 0.6 is 11.8 Å². The number of nitrogens with two attached hydrogens (primary N) is 1. The molecule has 2 rings (SSSR count). The van der Waals surface area contributed by atoms with Gasteiger partial charge >= 0.3 is 0 Å². The van der Waals surface area contributed by atoms with Crippen molar-refractivity contribution in [1.82, 2.24) is 0 Å². The van der Waals surface area contributed by atoms with Gasteiger partial charge in [0.05, 0.1) is 0 Å². The second-order valence-electron chi connectivity index (χ2n) is 4.66. The molecule has 94 valence electrons. The number of hydrogen-bond acceptors (Lipinski definition) is 2. The number of rotatable bonds is 3. The first-order valence-corrected chi connectivity index (χ1v) is 6.96. The summed E-state index contributed by atoms with van der Waals surface area (Å²) in [6.45, 7) is 7.00. The summed E-state index contributed by atoms with van der Waals surface area (Å²) in [4.78, 5) is 2.54. The van der Waals surface area contributed by atoms with E-state index < -0.39 is 0 Å². The molecule has 2 aromatic rings. The van der Waals surface area contributed by atoms with E-state index in [1.165, 1.54) is 32.0 Å². The smallest absolute Gasteiger partial charge is 0.0189 e. The van der Waals surface area contributed by atoms with E-state index >= 15 is 0 Å². The Morgan fingerprint density at radius 3 is 2.39 bits per heavy atom. The van der Waals surface area contributed by atoms with Crippen molar-refractivity contribution in [3.05, 3.63) is 58.7 Å². The molecule has 18 heavy (non-hydrogen) atoms. The quantitative estimate of drug-likeness (QED) is 0.891. The fourth-order valence-electron chi connectivity index (χ4n) is 1.83. The lowest BCUT2D eigenvalue weighted by atomic mass is 10.1. The monoisotopic (exact) mass is 257 g/mol. The number of aryl methyl sites for hydroxylation is 3. The zero-order chi connectivity index (χ0) is 13.1. The molecule has 0 aliphatic carbocycles. The van der Waals surface area contributed by atoms with Gasteiger partial charge in [-0.3, -0.25) is 0 Å². The highest BCUT2D eigenvalue weighted by Crippen LogP contribution is 2.32. The maximum absolute atomic E-state index is 5.80. The van der Waals surface area contributed by atoms with Crippen molar-refractivity contribution in [2.45, 2.75) is 37.1 Å². The zero-order valence-electron chi connectivity index (χ0n) is 11.2. The molecule has 0 aliphatic rings. The molecule has 0 saturated carbocycles. The van der Waals surface area contributed by atoms with Crippen LogP contribution in [-0.2, 0) is 6.54 Å². The van der Waals surface area contributed by atoms with Gasteiger partial charge in [-0.1, -0.05) is 30.0 Å². The Labute approximate surface area is 113 Å². The summed E-state index contributed by atoms with van der Waals surface area (Å²) in [5.74, 6) is 0. The summed E-state index contributed by atoms with van der Waals surface area (Å²) < 4.78 is 0. The van der Waals surface area contributed by atoms with Gasteiger partial charge in [0, 0.05) is 16.3 Å². The Hall–Kier alpha value is -1.25. The Bertz CT molecular complexity index is 561. The molecular weight excluding hydrogens is 238 g/mol. The predicted molar refractivity (Wildman–Crippen MR) is 79.1 cm³/mol. The minimum Gasteiger partial charge on any atom is -0.326 e. The Kier molecular flexibility index (Phi) is 4.10. The van der Waals surface area contributed by atoms with Gasteiger partial charge in [0.25, 0.3) is 0 Å². The van der Waals surface area contributed by atoms with Crippen molar-refractivity contribution in [3.63, 3.8) is 0 Å². The van der Waals surface area contributed by atoms with Crippen LogP contribution in [0.4, 0.5) is 0 Å². The van der Waals surface area contributed by atoms with Gasteiger partial charge in [-0.2, -0.15) is 0 Å². The highest BCUT2D eigenvalue weighted by Gasteiger charge is 2.04. The molecule has 1 nitrogen and oxygen atoms in total. The number of hydrogen-bond donors (Lipinski definition) is 1. The molecule has 2 N–H and O–H groups in total. The molecular formula is C16H19NS. The van der Waals surface area contributed by atoms with E-state index in [9.17, 15) is 0 Å². The van der Waals surface area contributed by atoms with Crippen LogP contribution < -0.4 is 5.73 Å². The maximum Gasteiger partial charge on any atom is 0.0189 e. The van der Waals surface area contributed by atoms with E-state index in [4.69, 9.17) is 5.73 Å². The average Bonchev–Trinajstić information content (AvgIpc) is 2.34. The van der Waals surface area contributed by atoms with E-state index in [2.05, 4.69) is 57.2 Å². The summed E-state index contributed by atoms with van der Waals surface area (Å²) in [5.41, 5.74) is 11.0. The van der Waals surface area contributed by atoms with Crippen LogP contribution in [0.15, 0.2) is 46.2 Å². The standard InChI is InChI=1S/C16H19NS/c1-11-4-6-14(10-17)16(8-11)18-15-7-5-12(2)13(3)9-15/h4-9H,10,17H2,1-3H3. The van der Waals surface area contributed by atoms with Crippen LogP contribution in [0, 0.1) is 20.8 Å². The molecule has 2 aromatic carbocycles. The summed E-state index contributed by atoms with van der Waals surface area (Å²) in [6.07, 6.45) is 0. The minimum absolute atomic E-state index is 0.591. The van der Waals surface area contributed by atoms with Crippen molar-refractivity contribution in [2.24, 2.45) is 5.73 Å². The predicted octanol–water partition coefficient (Wildman–Crippen LogP) is 4.22. The van der Waals surface area contributed by atoms with E-state index in [1.54, 1.807) is 11.8 Å². The average molecular weight is 257 g/mol. The molecule has 0 radical (unpaired) electrons. The first-order chi connectivity index (χ1) is 8.60. The van der Waals surface area contributed by atoms with Crippen LogP contribution in [0.3, 0.4) is 0 Å². The van der Waals surface area contributed by atoms with Crippen molar-refractivity contribution >= 4 is 11.8 Å². The van der Waals surface area contributed by atoms with Gasteiger partial charge in [-0.25, -0.2) is 0 Å². The zero-order valence-corrected chi connectivity index (χ0v) is 12.0. The molecule has 0 aromatic heterocycles. The molecule has 2 heteroatoms. The van der Waals surface area contributed by atoms with Crippen LogP contribution in [-0.4, -0.2) is 0 Å². The topological polar surface area (TPSA) is 26.0 Å². The van der Waals surface area contributed by atoms with Crippen LogP contribution in [0.5, 0.6) is 0 Å². The molecule has 0 bridgehead atoms. The second kappa shape index (κ2) is 5.59. The molecule has 0 fully saturated rings. The van der Waals surface area contributed by atoms with Gasteiger partial charge in [0.15, 0.2) is 0 Å². The van der Waals surface area contributed by atoms with E-state index in [0.29, 0.717) is 6.54 Å². The molecule has 0 aliphatic heterocycles. The minimum atomic E-state index is 0.591. The lowest BCUT2D eigenvalue weighted by Crippen LogP contribution is -1.98. The van der Waals surface area contributed by atoms with Gasteiger partial charge in [0.1, 0.15) is 0 Å². The summed E-state index contributed by atoms with van der Waals surface area (Å²) in [5, 5.41) is 0. The fourth-order valence-corrected chi connectivity index (χ4v) is 2.98. The highest BCUT2D eigenvalue weighted by atomic mass is 32.2. The van der Waals surface area contributed by atoms with E-state index in [1.807, 2.05) is 0 Å². The number of benzene rings is 2. The first kappa shape index (κ1) is 13.2. The third-order valence-electron chi connectivity index (χ3n) is 3.15. The van der Waals surface area contributed by atoms with Gasteiger partial charge in [-0.05, 0) is 61.2 Å². The molecule has 0 atom stereocenters. The fraction of sp³-hybridized carbons (Fsp3) is 0.250. The van der Waals surface area contributed by atoms with Crippen molar-refractivity contribution in [2.75, 3.05) is 0 Å². The van der Waals surface area contributed by atoms with Crippen molar-refractivity contribution < 1.29 is 0 Å². The van der Waals surface area contributed by atoms with Crippen LogP contribution in [0.1, 0.15) is 22.3 Å². The summed E-state index contributed by atoms with van der Waals surface area (Å²) in [7, 11) is 0. The molecule has 0 amide bonds. The van der Waals surface area contributed by atoms with Gasteiger partial charge in [-0.15, -0.1) is 0 Å². The molecule has 0 unspecified atom stereocenters. The lowest BCUT2D eigenvalue weighted by Gasteiger charge is -2.10.